The van der Waals surface area contributed by atoms with Crippen molar-refractivity contribution >= 4 is 40.1 Å². The highest BCUT2D eigenvalue weighted by atomic mass is 35.5. The molecule has 0 fully saturated rings. The average Bonchev–Trinajstić information content (AvgIpc) is 3.13. The van der Waals surface area contributed by atoms with Gasteiger partial charge in [0.2, 0.25) is 5.95 Å². The van der Waals surface area contributed by atoms with Crippen molar-refractivity contribution in [1.82, 2.24) is 14.9 Å². The minimum absolute atomic E-state index is 0.0224. The maximum absolute atomic E-state index is 14.3. The molecule has 160 valence electrons. The Balaban J connectivity index is 1.93. The fourth-order valence-electron chi connectivity index (χ4n) is 2.83. The topological polar surface area (TPSA) is 91.3 Å². The number of hydrogen-bond acceptors (Lipinski definition) is 5. The van der Waals surface area contributed by atoms with Crippen molar-refractivity contribution in [2.75, 3.05) is 37.6 Å². The molecule has 1 aromatic heterocycles. The number of benzene rings is 2. The van der Waals surface area contributed by atoms with Crippen LogP contribution in [0.15, 0.2) is 24.3 Å². The largest absolute Gasteiger partial charge is 0.356 e. The van der Waals surface area contributed by atoms with E-state index < -0.39 is 23.3 Å². The third kappa shape index (κ3) is 4.50. The Bertz CT molecular complexity index is 1090. The van der Waals surface area contributed by atoms with Gasteiger partial charge in [0.15, 0.2) is 17.5 Å². The Hall–Kier alpha value is -2.82. The van der Waals surface area contributed by atoms with Gasteiger partial charge in [-0.05, 0) is 51.3 Å². The molecule has 30 heavy (non-hydrogen) atoms. The molecule has 0 aliphatic carbocycles. The summed E-state index contributed by atoms with van der Waals surface area (Å²) in [7, 11) is 3.87. The highest BCUT2D eigenvalue weighted by Gasteiger charge is 2.22. The molecule has 3 rings (SSSR count). The van der Waals surface area contributed by atoms with Crippen LogP contribution in [0, 0.1) is 22.9 Å². The van der Waals surface area contributed by atoms with E-state index in [2.05, 4.69) is 15.3 Å². The molecule has 0 saturated heterocycles. The van der Waals surface area contributed by atoms with Crippen LogP contribution in [0.4, 0.5) is 24.8 Å². The van der Waals surface area contributed by atoms with Gasteiger partial charge < -0.3 is 15.2 Å². The fourth-order valence-corrected chi connectivity index (χ4v) is 3.01. The Kier molecular flexibility index (Phi) is 6.49. The third-order valence-corrected chi connectivity index (χ3v) is 4.64. The summed E-state index contributed by atoms with van der Waals surface area (Å²) in [4.78, 5) is 8.86. The van der Waals surface area contributed by atoms with Gasteiger partial charge in [0.1, 0.15) is 11.3 Å². The van der Waals surface area contributed by atoms with Crippen molar-refractivity contribution < 1.29 is 18.4 Å². The van der Waals surface area contributed by atoms with Crippen LogP contribution in [0.5, 0.6) is 0 Å². The monoisotopic (exact) mass is 440 g/mol. The van der Waals surface area contributed by atoms with Gasteiger partial charge in [-0.2, -0.15) is 0 Å². The van der Waals surface area contributed by atoms with E-state index in [0.29, 0.717) is 11.6 Å². The second kappa shape index (κ2) is 8.90. The number of hydroxylamine groups is 1. The molecule has 0 aliphatic heterocycles. The number of nitrogens with one attached hydrogen (secondary N) is 3. The maximum Gasteiger partial charge on any atom is 0.201 e. The van der Waals surface area contributed by atoms with Gasteiger partial charge in [-0.3, -0.25) is 10.6 Å². The van der Waals surface area contributed by atoms with E-state index in [-0.39, 0.29) is 33.3 Å². The molecule has 0 bridgehead atoms. The smallest absolute Gasteiger partial charge is 0.201 e. The van der Waals surface area contributed by atoms with Crippen molar-refractivity contribution in [2.45, 2.75) is 6.42 Å². The van der Waals surface area contributed by atoms with Gasteiger partial charge in [-0.1, -0.05) is 11.6 Å². The standard InChI is InChI=1S/C19H20ClF3N6O/c1-28(2)7-3-6-25-19-26-16-11(9-14(22)15(23)17(16)27-19)18(24)29(30)10-4-5-13(21)12(20)8-10/h4-5,8-9,24,30H,3,6-7H2,1-2H3,(H2,25,26,27). The van der Waals surface area contributed by atoms with E-state index in [9.17, 15) is 18.4 Å². The molecule has 4 N–H and O–H groups in total. The third-order valence-electron chi connectivity index (χ3n) is 4.35. The first kappa shape index (κ1) is 21.9. The van der Waals surface area contributed by atoms with Crippen molar-refractivity contribution in [3.63, 3.8) is 0 Å². The summed E-state index contributed by atoms with van der Waals surface area (Å²) in [6, 6.07) is 4.09. The zero-order chi connectivity index (χ0) is 22.0. The molecule has 3 aromatic rings. The Morgan fingerprint density at radius 3 is 2.63 bits per heavy atom. The van der Waals surface area contributed by atoms with Crippen LogP contribution in [0.1, 0.15) is 12.0 Å². The highest BCUT2D eigenvalue weighted by Crippen LogP contribution is 2.28. The molecule has 0 radical (unpaired) electrons. The van der Waals surface area contributed by atoms with E-state index >= 15 is 0 Å². The molecule has 0 spiro atoms. The van der Waals surface area contributed by atoms with Crippen LogP contribution in [0.3, 0.4) is 0 Å². The lowest BCUT2D eigenvalue weighted by atomic mass is 10.1. The minimum atomic E-state index is -1.22. The predicted octanol–water partition coefficient (Wildman–Crippen LogP) is 4.22. The average molecular weight is 441 g/mol. The van der Waals surface area contributed by atoms with Gasteiger partial charge in [-0.15, -0.1) is 0 Å². The number of rotatable bonds is 7. The minimum Gasteiger partial charge on any atom is -0.356 e. The number of anilines is 2. The van der Waals surface area contributed by atoms with Crippen LogP contribution >= 0.6 is 11.6 Å². The molecule has 11 heteroatoms. The summed E-state index contributed by atoms with van der Waals surface area (Å²) in [6.45, 7) is 1.36. The van der Waals surface area contributed by atoms with E-state index in [0.717, 1.165) is 31.2 Å². The number of hydrogen-bond donors (Lipinski definition) is 4. The number of imidazole rings is 1. The van der Waals surface area contributed by atoms with E-state index in [1.165, 1.54) is 6.07 Å². The molecule has 0 atom stereocenters. The first-order valence-corrected chi connectivity index (χ1v) is 9.36. The summed E-state index contributed by atoms with van der Waals surface area (Å²) >= 11 is 5.71. The lowest BCUT2D eigenvalue weighted by molar-refractivity contribution is 0.312. The number of nitrogens with zero attached hydrogens (tertiary/aromatic N) is 3. The highest BCUT2D eigenvalue weighted by molar-refractivity contribution is 6.31. The zero-order valence-corrected chi connectivity index (χ0v) is 17.0. The Labute approximate surface area is 175 Å². The van der Waals surface area contributed by atoms with Crippen molar-refractivity contribution in [2.24, 2.45) is 0 Å². The number of amidine groups is 1. The molecule has 1 heterocycles. The molecule has 7 nitrogen and oxygen atoms in total. The van der Waals surface area contributed by atoms with Crippen molar-refractivity contribution in [1.29, 1.82) is 5.41 Å². The Morgan fingerprint density at radius 2 is 1.97 bits per heavy atom. The van der Waals surface area contributed by atoms with E-state index in [1.54, 1.807) is 0 Å². The lowest BCUT2D eigenvalue weighted by Crippen LogP contribution is -2.27. The molecule has 2 aromatic carbocycles. The van der Waals surface area contributed by atoms with Gasteiger partial charge in [0.05, 0.1) is 16.2 Å². The molecule has 0 aliphatic rings. The van der Waals surface area contributed by atoms with E-state index in [4.69, 9.17) is 17.0 Å². The molecule has 0 unspecified atom stereocenters. The lowest BCUT2D eigenvalue weighted by Gasteiger charge is -2.18. The quantitative estimate of drug-likeness (QED) is 0.191. The molecular weight excluding hydrogens is 421 g/mol. The van der Waals surface area contributed by atoms with E-state index in [1.807, 2.05) is 19.0 Å². The van der Waals surface area contributed by atoms with Gasteiger partial charge in [0.25, 0.3) is 0 Å². The number of H-pyrrole nitrogens is 1. The number of halogens is 4. The fraction of sp³-hybridized carbons (Fsp3) is 0.263. The summed E-state index contributed by atoms with van der Waals surface area (Å²) in [6.07, 6.45) is 0.791. The first-order chi connectivity index (χ1) is 14.2. The van der Waals surface area contributed by atoms with Gasteiger partial charge in [-0.25, -0.2) is 23.2 Å². The molecule has 0 saturated carbocycles. The van der Waals surface area contributed by atoms with Crippen LogP contribution in [0.2, 0.25) is 5.02 Å². The SMILES string of the molecule is CN(C)CCCNc1nc2c(F)c(F)cc(C(=N)N(O)c3ccc(F)c(Cl)c3)c2[nH]1. The molecular formula is C19H20ClF3N6O. The second-order valence-electron chi connectivity index (χ2n) is 6.87. The summed E-state index contributed by atoms with van der Waals surface area (Å²) in [5.74, 6) is -3.47. The second-order valence-corrected chi connectivity index (χ2v) is 7.28. The van der Waals surface area contributed by atoms with Gasteiger partial charge >= 0.3 is 0 Å². The Morgan fingerprint density at radius 1 is 1.23 bits per heavy atom. The summed E-state index contributed by atoms with van der Waals surface area (Å²) in [5.41, 5.74) is -0.441. The van der Waals surface area contributed by atoms with Crippen LogP contribution in [-0.2, 0) is 0 Å². The summed E-state index contributed by atoms with van der Waals surface area (Å²) in [5, 5.41) is 21.7. The van der Waals surface area contributed by atoms with Crippen LogP contribution < -0.4 is 10.4 Å². The number of aromatic nitrogens is 2. The number of aromatic amines is 1. The number of fused-ring (bicyclic) bond motifs is 1. The molecule has 0 amide bonds. The van der Waals surface area contributed by atoms with Gasteiger partial charge in [0, 0.05) is 12.1 Å². The van der Waals surface area contributed by atoms with Crippen LogP contribution in [-0.4, -0.2) is 53.1 Å². The predicted molar refractivity (Wildman–Crippen MR) is 110 cm³/mol. The van der Waals surface area contributed by atoms with Crippen molar-refractivity contribution in [3.05, 3.63) is 52.3 Å². The van der Waals surface area contributed by atoms with Crippen molar-refractivity contribution in [3.8, 4) is 0 Å². The normalized spacial score (nSPS) is 11.3. The first-order valence-electron chi connectivity index (χ1n) is 8.98. The zero-order valence-electron chi connectivity index (χ0n) is 16.2. The van der Waals surface area contributed by atoms with Crippen LogP contribution in [0.25, 0.3) is 11.0 Å². The summed E-state index contributed by atoms with van der Waals surface area (Å²) < 4.78 is 41.8. The maximum atomic E-state index is 14.3.